The van der Waals surface area contributed by atoms with Crippen LogP contribution in [-0.2, 0) is 10.0 Å². The molecule has 0 bridgehead atoms. The Morgan fingerprint density at radius 1 is 1.47 bits per heavy atom. The zero-order valence-corrected chi connectivity index (χ0v) is 11.0. The molecule has 0 atom stereocenters. The zero-order chi connectivity index (χ0) is 12.8. The SMILES string of the molecule is Nc1cc(S(=O)(=O)N2CC(O)C2)c(F)cc1Br. The molecule has 1 aliphatic rings. The van der Waals surface area contributed by atoms with Gasteiger partial charge in [0.05, 0.1) is 6.10 Å². The van der Waals surface area contributed by atoms with Gasteiger partial charge in [0.25, 0.3) is 0 Å². The van der Waals surface area contributed by atoms with Crippen molar-refractivity contribution in [1.82, 2.24) is 4.31 Å². The van der Waals surface area contributed by atoms with E-state index in [-0.39, 0.29) is 18.8 Å². The van der Waals surface area contributed by atoms with Crippen LogP contribution in [0.25, 0.3) is 0 Å². The van der Waals surface area contributed by atoms with Crippen molar-refractivity contribution in [3.63, 3.8) is 0 Å². The summed E-state index contributed by atoms with van der Waals surface area (Å²) in [5, 5.41) is 9.06. The van der Waals surface area contributed by atoms with Gasteiger partial charge in [-0.05, 0) is 28.1 Å². The molecule has 2 rings (SSSR count). The van der Waals surface area contributed by atoms with Gasteiger partial charge in [-0.3, -0.25) is 0 Å². The van der Waals surface area contributed by atoms with Gasteiger partial charge >= 0.3 is 0 Å². The van der Waals surface area contributed by atoms with Crippen LogP contribution < -0.4 is 5.73 Å². The summed E-state index contributed by atoms with van der Waals surface area (Å²) in [6, 6.07) is 2.08. The Kier molecular flexibility index (Phi) is 3.15. The number of nitrogen functional groups attached to an aromatic ring is 1. The number of rotatable bonds is 2. The molecule has 0 radical (unpaired) electrons. The van der Waals surface area contributed by atoms with Crippen molar-refractivity contribution in [2.75, 3.05) is 18.8 Å². The van der Waals surface area contributed by atoms with Gasteiger partial charge in [0.15, 0.2) is 0 Å². The number of hydrogen-bond donors (Lipinski definition) is 2. The van der Waals surface area contributed by atoms with Crippen molar-refractivity contribution in [2.45, 2.75) is 11.0 Å². The highest BCUT2D eigenvalue weighted by Gasteiger charge is 2.37. The lowest BCUT2D eigenvalue weighted by Crippen LogP contribution is -2.53. The van der Waals surface area contributed by atoms with Gasteiger partial charge < -0.3 is 10.8 Å². The molecular weight excluding hydrogens is 315 g/mol. The Morgan fingerprint density at radius 3 is 2.59 bits per heavy atom. The lowest BCUT2D eigenvalue weighted by atomic mass is 10.2. The molecule has 0 saturated carbocycles. The van der Waals surface area contributed by atoms with Gasteiger partial charge in [-0.25, -0.2) is 12.8 Å². The smallest absolute Gasteiger partial charge is 0.246 e. The van der Waals surface area contributed by atoms with Gasteiger partial charge in [-0.2, -0.15) is 4.31 Å². The fourth-order valence-electron chi connectivity index (χ4n) is 1.49. The maximum atomic E-state index is 13.6. The van der Waals surface area contributed by atoms with E-state index in [2.05, 4.69) is 15.9 Å². The Labute approximate surface area is 106 Å². The Hall–Kier alpha value is -0.700. The highest BCUT2D eigenvalue weighted by molar-refractivity contribution is 9.10. The lowest BCUT2D eigenvalue weighted by molar-refractivity contribution is 0.0546. The van der Waals surface area contributed by atoms with Crippen LogP contribution in [0.4, 0.5) is 10.1 Å². The van der Waals surface area contributed by atoms with Gasteiger partial charge in [0.2, 0.25) is 10.0 Å². The van der Waals surface area contributed by atoms with Crippen LogP contribution in [0, 0.1) is 5.82 Å². The van der Waals surface area contributed by atoms with Crippen molar-refractivity contribution in [3.05, 3.63) is 22.4 Å². The van der Waals surface area contributed by atoms with E-state index in [0.717, 1.165) is 16.4 Å². The second-order valence-electron chi connectivity index (χ2n) is 3.78. The third-order valence-corrected chi connectivity index (χ3v) is 5.03. The second-order valence-corrected chi connectivity index (χ2v) is 6.54. The summed E-state index contributed by atoms with van der Waals surface area (Å²) >= 11 is 3.01. The average Bonchev–Trinajstić information content (AvgIpc) is 2.18. The van der Waals surface area contributed by atoms with Gasteiger partial charge in [0, 0.05) is 23.2 Å². The molecule has 94 valence electrons. The molecule has 17 heavy (non-hydrogen) atoms. The van der Waals surface area contributed by atoms with Crippen molar-refractivity contribution >= 4 is 31.6 Å². The van der Waals surface area contributed by atoms with Crippen LogP contribution in [0.1, 0.15) is 0 Å². The van der Waals surface area contributed by atoms with E-state index >= 15 is 0 Å². The quantitative estimate of drug-likeness (QED) is 0.777. The third-order valence-electron chi connectivity index (χ3n) is 2.50. The number of halogens is 2. The summed E-state index contributed by atoms with van der Waals surface area (Å²) < 4.78 is 38.8. The third kappa shape index (κ3) is 2.17. The van der Waals surface area contributed by atoms with Crippen LogP contribution in [0.3, 0.4) is 0 Å². The van der Waals surface area contributed by atoms with Gasteiger partial charge in [0.1, 0.15) is 10.7 Å². The predicted octanol–water partition coefficient (Wildman–Crippen LogP) is 0.536. The first-order valence-electron chi connectivity index (χ1n) is 4.75. The highest BCUT2D eigenvalue weighted by atomic mass is 79.9. The monoisotopic (exact) mass is 324 g/mol. The Bertz CT molecular complexity index is 558. The van der Waals surface area contributed by atoms with E-state index in [1.807, 2.05) is 0 Å². The maximum absolute atomic E-state index is 13.6. The van der Waals surface area contributed by atoms with E-state index in [1.54, 1.807) is 0 Å². The molecule has 0 aromatic heterocycles. The topological polar surface area (TPSA) is 83.6 Å². The van der Waals surface area contributed by atoms with E-state index in [9.17, 15) is 12.8 Å². The van der Waals surface area contributed by atoms with Crippen LogP contribution in [0.2, 0.25) is 0 Å². The normalized spacial score (nSPS) is 18.1. The maximum Gasteiger partial charge on any atom is 0.246 e. The molecule has 1 aromatic rings. The number of β-amino-alcohol motifs (C(OH)–C–C–N with tert-alkyl or cyclic N) is 1. The molecule has 1 saturated heterocycles. The summed E-state index contributed by atoms with van der Waals surface area (Å²) in [6.45, 7) is -0.0323. The molecule has 8 heteroatoms. The van der Waals surface area contributed by atoms with Crippen molar-refractivity contribution in [1.29, 1.82) is 0 Å². The molecule has 3 N–H and O–H groups in total. The minimum atomic E-state index is -3.91. The average molecular weight is 325 g/mol. The van der Waals surface area contributed by atoms with Crippen LogP contribution >= 0.6 is 15.9 Å². The number of nitrogens with two attached hydrogens (primary N) is 1. The van der Waals surface area contributed by atoms with Crippen molar-refractivity contribution in [3.8, 4) is 0 Å². The number of aliphatic hydroxyl groups is 1. The Morgan fingerprint density at radius 2 is 2.06 bits per heavy atom. The fraction of sp³-hybridized carbons (Fsp3) is 0.333. The molecule has 1 heterocycles. The molecular formula is C9H10BrFN2O3S. The van der Waals surface area contributed by atoms with Crippen LogP contribution in [0.15, 0.2) is 21.5 Å². The molecule has 0 unspecified atom stereocenters. The minimum Gasteiger partial charge on any atom is -0.398 e. The first-order chi connectivity index (χ1) is 7.82. The summed E-state index contributed by atoms with van der Waals surface area (Å²) in [6.07, 6.45) is -0.680. The second kappa shape index (κ2) is 4.20. The van der Waals surface area contributed by atoms with E-state index in [1.165, 1.54) is 0 Å². The lowest BCUT2D eigenvalue weighted by Gasteiger charge is -2.34. The summed E-state index contributed by atoms with van der Waals surface area (Å²) in [4.78, 5) is -0.468. The van der Waals surface area contributed by atoms with Gasteiger partial charge in [-0.15, -0.1) is 0 Å². The van der Waals surface area contributed by atoms with Gasteiger partial charge in [-0.1, -0.05) is 0 Å². The number of nitrogens with zero attached hydrogens (tertiary/aromatic N) is 1. The summed E-state index contributed by atoms with van der Waals surface area (Å²) in [5.41, 5.74) is 5.67. The molecule has 1 aliphatic heterocycles. The predicted molar refractivity (Wildman–Crippen MR) is 63.3 cm³/mol. The largest absolute Gasteiger partial charge is 0.398 e. The molecule has 0 spiro atoms. The van der Waals surface area contributed by atoms with Crippen LogP contribution in [0.5, 0.6) is 0 Å². The minimum absolute atomic E-state index is 0.0161. The molecule has 5 nitrogen and oxygen atoms in total. The van der Waals surface area contributed by atoms with E-state index in [0.29, 0.717) is 4.47 Å². The number of benzene rings is 1. The van der Waals surface area contributed by atoms with E-state index < -0.39 is 26.8 Å². The number of hydrogen-bond acceptors (Lipinski definition) is 4. The molecule has 1 fully saturated rings. The standard InChI is InChI=1S/C9H10BrFN2O3S/c10-6-1-7(11)9(2-8(6)12)17(15,16)13-3-5(14)4-13/h1-2,5,14H,3-4,12H2. The number of aliphatic hydroxyl groups excluding tert-OH is 1. The van der Waals surface area contributed by atoms with Crippen molar-refractivity contribution in [2.24, 2.45) is 0 Å². The van der Waals surface area contributed by atoms with Crippen molar-refractivity contribution < 1.29 is 17.9 Å². The number of anilines is 1. The highest BCUT2D eigenvalue weighted by Crippen LogP contribution is 2.29. The molecule has 0 aliphatic carbocycles. The first kappa shape index (κ1) is 12.7. The number of sulfonamides is 1. The molecule has 1 aromatic carbocycles. The zero-order valence-electron chi connectivity index (χ0n) is 8.60. The summed E-state index contributed by atoms with van der Waals surface area (Å²) in [5.74, 6) is -0.868. The van der Waals surface area contributed by atoms with Crippen LogP contribution in [-0.4, -0.2) is 37.0 Å². The first-order valence-corrected chi connectivity index (χ1v) is 6.98. The fourth-order valence-corrected chi connectivity index (χ4v) is 3.41. The van der Waals surface area contributed by atoms with E-state index in [4.69, 9.17) is 10.8 Å². The Balaban J connectivity index is 2.43. The summed E-state index contributed by atoms with van der Waals surface area (Å²) in [7, 11) is -3.91. The molecule has 0 amide bonds.